The highest BCUT2D eigenvalue weighted by Gasteiger charge is 2.14. The molecule has 0 spiro atoms. The first kappa shape index (κ1) is 17.5. The molecule has 1 N–H and O–H groups in total. The average Bonchev–Trinajstić information content (AvgIpc) is 2.53. The number of anilines is 1. The van der Waals surface area contributed by atoms with E-state index in [0.29, 0.717) is 29.4 Å². The van der Waals surface area contributed by atoms with Gasteiger partial charge in [-0.1, -0.05) is 39.7 Å². The number of carbonyl (C=O) groups excluding carboxylic acids is 2. The van der Waals surface area contributed by atoms with Crippen LogP contribution in [0.5, 0.6) is 0 Å². The smallest absolute Gasteiger partial charge is 0.251 e. The van der Waals surface area contributed by atoms with Crippen LogP contribution in [0.2, 0.25) is 5.02 Å². The molecule has 0 unspecified atom stereocenters. The van der Waals surface area contributed by atoms with E-state index in [1.165, 1.54) is 6.92 Å². The predicted molar refractivity (Wildman–Crippen MR) is 96.0 cm³/mol. The molecule has 23 heavy (non-hydrogen) atoms. The van der Waals surface area contributed by atoms with Gasteiger partial charge in [0.05, 0.1) is 10.7 Å². The molecule has 2 rings (SSSR count). The van der Waals surface area contributed by atoms with Gasteiger partial charge in [-0.05, 0) is 36.4 Å². The van der Waals surface area contributed by atoms with Crippen LogP contribution in [0.1, 0.15) is 17.3 Å². The van der Waals surface area contributed by atoms with Gasteiger partial charge in [0.2, 0.25) is 5.91 Å². The summed E-state index contributed by atoms with van der Waals surface area (Å²) in [5, 5.41) is 3.30. The lowest BCUT2D eigenvalue weighted by molar-refractivity contribution is -0.116. The van der Waals surface area contributed by atoms with Crippen molar-refractivity contribution in [3.05, 3.63) is 63.6 Å². The zero-order chi connectivity index (χ0) is 16.8. The molecule has 0 aliphatic heterocycles. The number of nitrogens with one attached hydrogen (secondary N) is 1. The minimum atomic E-state index is -0.180. The second kappa shape index (κ2) is 8.13. The Morgan fingerprint density at radius 1 is 1.13 bits per heavy atom. The molecule has 0 bridgehead atoms. The Kier molecular flexibility index (Phi) is 6.19. The SMILES string of the molecule is CC(=O)N(CCNC(=O)c1ccc(Br)cc1)c1ccccc1Cl. The van der Waals surface area contributed by atoms with Crippen LogP contribution in [-0.4, -0.2) is 24.9 Å². The zero-order valence-corrected chi connectivity index (χ0v) is 14.9. The van der Waals surface area contributed by atoms with Crippen LogP contribution in [0.4, 0.5) is 5.69 Å². The van der Waals surface area contributed by atoms with Crippen molar-refractivity contribution < 1.29 is 9.59 Å². The van der Waals surface area contributed by atoms with Crippen molar-refractivity contribution in [2.24, 2.45) is 0 Å². The van der Waals surface area contributed by atoms with Gasteiger partial charge in [-0.25, -0.2) is 0 Å². The van der Waals surface area contributed by atoms with Crippen molar-refractivity contribution in [1.29, 1.82) is 0 Å². The molecule has 4 nitrogen and oxygen atoms in total. The van der Waals surface area contributed by atoms with Crippen LogP contribution < -0.4 is 10.2 Å². The predicted octanol–water partition coefficient (Wildman–Crippen LogP) is 3.89. The lowest BCUT2D eigenvalue weighted by atomic mass is 10.2. The normalized spacial score (nSPS) is 10.2. The average molecular weight is 396 g/mol. The first-order chi connectivity index (χ1) is 11.0. The molecular formula is C17H16BrClN2O2. The fourth-order valence-electron chi connectivity index (χ4n) is 2.10. The molecule has 0 radical (unpaired) electrons. The van der Waals surface area contributed by atoms with Gasteiger partial charge in [0.15, 0.2) is 0 Å². The number of hydrogen-bond acceptors (Lipinski definition) is 2. The summed E-state index contributed by atoms with van der Waals surface area (Å²) >= 11 is 9.46. The Labute approximate surface area is 148 Å². The summed E-state index contributed by atoms with van der Waals surface area (Å²) in [6.07, 6.45) is 0. The lowest BCUT2D eigenvalue weighted by Crippen LogP contribution is -2.37. The van der Waals surface area contributed by atoms with Crippen molar-refractivity contribution >= 4 is 45.0 Å². The molecule has 0 saturated carbocycles. The Morgan fingerprint density at radius 2 is 1.78 bits per heavy atom. The van der Waals surface area contributed by atoms with Gasteiger partial charge in [0.25, 0.3) is 5.91 Å². The monoisotopic (exact) mass is 394 g/mol. The first-order valence-corrected chi connectivity index (χ1v) is 8.22. The van der Waals surface area contributed by atoms with Crippen molar-refractivity contribution in [2.45, 2.75) is 6.92 Å². The summed E-state index contributed by atoms with van der Waals surface area (Å²) in [7, 11) is 0. The van der Waals surface area contributed by atoms with Gasteiger partial charge in [0, 0.05) is 30.0 Å². The highest BCUT2D eigenvalue weighted by atomic mass is 79.9. The number of hydrogen-bond donors (Lipinski definition) is 1. The van der Waals surface area contributed by atoms with Crippen LogP contribution >= 0.6 is 27.5 Å². The molecule has 0 aliphatic carbocycles. The molecule has 0 atom stereocenters. The highest BCUT2D eigenvalue weighted by molar-refractivity contribution is 9.10. The van der Waals surface area contributed by atoms with E-state index in [2.05, 4.69) is 21.2 Å². The molecule has 120 valence electrons. The van der Waals surface area contributed by atoms with Gasteiger partial charge in [-0.2, -0.15) is 0 Å². The maximum Gasteiger partial charge on any atom is 0.251 e. The Balaban J connectivity index is 1.97. The lowest BCUT2D eigenvalue weighted by Gasteiger charge is -2.22. The Hall–Kier alpha value is -1.85. The van der Waals surface area contributed by atoms with Crippen molar-refractivity contribution in [2.75, 3.05) is 18.0 Å². The minimum absolute atomic E-state index is 0.129. The van der Waals surface area contributed by atoms with Gasteiger partial charge in [-0.3, -0.25) is 9.59 Å². The van der Waals surface area contributed by atoms with Crippen LogP contribution in [0, 0.1) is 0 Å². The molecule has 6 heteroatoms. The van der Waals surface area contributed by atoms with E-state index in [9.17, 15) is 9.59 Å². The molecule has 0 fully saturated rings. The standard InChI is InChI=1S/C17H16BrClN2O2/c1-12(22)21(16-5-3-2-4-15(16)19)11-10-20-17(23)13-6-8-14(18)9-7-13/h2-9H,10-11H2,1H3,(H,20,23). The fourth-order valence-corrected chi connectivity index (χ4v) is 2.60. The number of amides is 2. The van der Waals surface area contributed by atoms with E-state index in [1.807, 2.05) is 6.07 Å². The molecule has 0 saturated heterocycles. The summed E-state index contributed by atoms with van der Waals surface area (Å²) < 4.78 is 0.913. The molecule has 0 aromatic heterocycles. The van der Waals surface area contributed by atoms with E-state index in [0.717, 1.165) is 4.47 Å². The number of benzene rings is 2. The van der Waals surface area contributed by atoms with Gasteiger partial charge < -0.3 is 10.2 Å². The molecule has 2 amide bonds. The molecule has 0 heterocycles. The Bertz CT molecular complexity index is 704. The van der Waals surface area contributed by atoms with Crippen molar-refractivity contribution in [3.63, 3.8) is 0 Å². The maximum atomic E-state index is 12.1. The van der Waals surface area contributed by atoms with Crippen LogP contribution in [0.15, 0.2) is 53.0 Å². The van der Waals surface area contributed by atoms with Crippen LogP contribution in [-0.2, 0) is 4.79 Å². The van der Waals surface area contributed by atoms with Crippen LogP contribution in [0.25, 0.3) is 0 Å². The summed E-state index contributed by atoms with van der Waals surface area (Å²) in [6.45, 7) is 2.15. The van der Waals surface area contributed by atoms with Crippen molar-refractivity contribution in [1.82, 2.24) is 5.32 Å². The van der Waals surface area contributed by atoms with Crippen LogP contribution in [0.3, 0.4) is 0 Å². The van der Waals surface area contributed by atoms with E-state index in [4.69, 9.17) is 11.6 Å². The second-order valence-corrected chi connectivity index (χ2v) is 6.21. The minimum Gasteiger partial charge on any atom is -0.350 e. The number of nitrogens with zero attached hydrogens (tertiary/aromatic N) is 1. The third-order valence-corrected chi connectivity index (χ3v) is 4.10. The number of para-hydroxylation sites is 1. The first-order valence-electron chi connectivity index (χ1n) is 7.05. The second-order valence-electron chi connectivity index (χ2n) is 4.88. The molecule has 2 aromatic carbocycles. The largest absolute Gasteiger partial charge is 0.350 e. The number of carbonyl (C=O) groups is 2. The molecular weight excluding hydrogens is 380 g/mol. The third-order valence-electron chi connectivity index (χ3n) is 3.25. The summed E-state index contributed by atoms with van der Waals surface area (Å²) in [4.78, 5) is 25.4. The quantitative estimate of drug-likeness (QED) is 0.835. The highest BCUT2D eigenvalue weighted by Crippen LogP contribution is 2.24. The zero-order valence-electron chi connectivity index (χ0n) is 12.6. The fraction of sp³-hybridized carbons (Fsp3) is 0.176. The van der Waals surface area contributed by atoms with Gasteiger partial charge in [0.1, 0.15) is 0 Å². The van der Waals surface area contributed by atoms with Gasteiger partial charge in [-0.15, -0.1) is 0 Å². The number of rotatable bonds is 5. The van der Waals surface area contributed by atoms with E-state index in [-0.39, 0.29) is 11.8 Å². The summed E-state index contributed by atoms with van der Waals surface area (Å²) in [5.41, 5.74) is 1.21. The third kappa shape index (κ3) is 4.81. The van der Waals surface area contributed by atoms with E-state index < -0.39 is 0 Å². The topological polar surface area (TPSA) is 49.4 Å². The maximum absolute atomic E-state index is 12.1. The molecule has 0 aliphatic rings. The molecule has 2 aromatic rings. The Morgan fingerprint density at radius 3 is 2.39 bits per heavy atom. The summed E-state index contributed by atoms with van der Waals surface area (Å²) in [6, 6.07) is 14.2. The van der Waals surface area contributed by atoms with E-state index >= 15 is 0 Å². The number of halogens is 2. The van der Waals surface area contributed by atoms with Crippen molar-refractivity contribution in [3.8, 4) is 0 Å². The summed E-state index contributed by atoms with van der Waals surface area (Å²) in [5.74, 6) is -0.309. The van der Waals surface area contributed by atoms with E-state index in [1.54, 1.807) is 47.4 Å². The van der Waals surface area contributed by atoms with Gasteiger partial charge >= 0.3 is 0 Å².